The van der Waals surface area contributed by atoms with Crippen LogP contribution in [0.5, 0.6) is 5.75 Å². The van der Waals surface area contributed by atoms with Crippen molar-refractivity contribution in [2.75, 3.05) is 24.3 Å². The smallest absolute Gasteiger partial charge is 1.00 e. The van der Waals surface area contributed by atoms with E-state index in [4.69, 9.17) is 4.74 Å². The molecule has 1 aromatic rings. The van der Waals surface area contributed by atoms with Gasteiger partial charge in [-0.3, -0.25) is 0 Å². The van der Waals surface area contributed by atoms with E-state index >= 15 is 0 Å². The van der Waals surface area contributed by atoms with Crippen LogP contribution in [0.3, 0.4) is 0 Å². The number of benzene rings is 1. The zero-order valence-corrected chi connectivity index (χ0v) is 26.2. The summed E-state index contributed by atoms with van der Waals surface area (Å²) < 4.78 is 84.9. The topological polar surface area (TPSA) is 69.7 Å². The normalized spacial score (nSPS) is 12.7. The van der Waals surface area contributed by atoms with Gasteiger partial charge in [-0.25, -0.2) is 12.9 Å². The van der Waals surface area contributed by atoms with Crippen molar-refractivity contribution in [3.63, 3.8) is 0 Å². The molecule has 1 rings (SSSR count). The number of hydrogen-bond acceptors (Lipinski definition) is 5. The summed E-state index contributed by atoms with van der Waals surface area (Å²) in [5.74, 6) is -0.737. The summed E-state index contributed by atoms with van der Waals surface area (Å²) in [7, 11) is -5.59. The predicted molar refractivity (Wildman–Crippen MR) is 141 cm³/mol. The molecular formula is C26H42F3NaO5PS+. The molecule has 0 radical (unpaired) electrons. The molecule has 0 saturated carbocycles. The molecule has 208 valence electrons. The second-order valence-corrected chi connectivity index (χ2v) is 12.6. The zero-order chi connectivity index (χ0) is 26.9. The van der Waals surface area contributed by atoms with Crippen LogP contribution < -0.4 is 34.3 Å². The third-order valence-electron chi connectivity index (χ3n) is 5.66. The van der Waals surface area contributed by atoms with E-state index in [1.54, 1.807) is 24.3 Å². The molecule has 37 heavy (non-hydrogen) atoms. The maximum absolute atomic E-state index is 13.0. The van der Waals surface area contributed by atoms with Crippen LogP contribution in [0.2, 0.25) is 0 Å². The van der Waals surface area contributed by atoms with Gasteiger partial charge >= 0.3 is 43.8 Å². The number of rotatable bonds is 20. The molecule has 0 aromatic heterocycles. The van der Waals surface area contributed by atoms with Crippen LogP contribution in [0.4, 0.5) is 13.2 Å². The minimum absolute atomic E-state index is 0. The van der Waals surface area contributed by atoms with Crippen molar-refractivity contribution >= 4 is 17.9 Å². The van der Waals surface area contributed by atoms with Gasteiger partial charge in [0.05, 0.1) is 11.5 Å². The Bertz CT molecular complexity index is 897. The Labute approximate surface area is 245 Å². The molecule has 1 aromatic carbocycles. The molecular weight excluding hydrogens is 535 g/mol. The van der Waals surface area contributed by atoms with Crippen molar-refractivity contribution in [3.05, 3.63) is 41.7 Å². The maximum Gasteiger partial charge on any atom is 1.00 e. The number of unbranched alkanes of at least 4 members (excludes halogenated alkanes) is 9. The van der Waals surface area contributed by atoms with Crippen LogP contribution in [0.1, 0.15) is 85.0 Å². The fourth-order valence-electron chi connectivity index (χ4n) is 3.51. The van der Waals surface area contributed by atoms with Gasteiger partial charge in [-0.2, -0.15) is 13.2 Å². The van der Waals surface area contributed by atoms with Gasteiger partial charge in [-0.1, -0.05) is 76.8 Å². The molecule has 0 aliphatic carbocycles. The Morgan fingerprint density at radius 2 is 1.46 bits per heavy atom. The van der Waals surface area contributed by atoms with Crippen LogP contribution in [-0.2, 0) is 25.3 Å². The summed E-state index contributed by atoms with van der Waals surface area (Å²) in [6.07, 6.45) is 7.50. The van der Waals surface area contributed by atoms with E-state index < -0.39 is 29.8 Å². The van der Waals surface area contributed by atoms with Crippen molar-refractivity contribution in [1.29, 1.82) is 0 Å². The van der Waals surface area contributed by atoms with E-state index in [-0.39, 0.29) is 61.7 Å². The largest absolute Gasteiger partial charge is 1.00 e. The second kappa shape index (κ2) is 20.3. The summed E-state index contributed by atoms with van der Waals surface area (Å²) >= 11 is 0. The summed E-state index contributed by atoms with van der Waals surface area (Å²) in [6, 6.07) is 6.35. The third kappa shape index (κ3) is 18.3. The molecule has 0 heterocycles. The maximum atomic E-state index is 13.0. The van der Waals surface area contributed by atoms with Gasteiger partial charge in [0, 0.05) is 0 Å². The Morgan fingerprint density at radius 1 is 0.919 bits per heavy atom. The predicted octanol–water partition coefficient (Wildman–Crippen LogP) is 5.29. The van der Waals surface area contributed by atoms with Gasteiger partial charge in [0.15, 0.2) is 16.0 Å². The van der Waals surface area contributed by atoms with E-state index in [9.17, 15) is 26.2 Å². The van der Waals surface area contributed by atoms with Crippen molar-refractivity contribution in [2.45, 2.75) is 90.7 Å². The van der Waals surface area contributed by atoms with E-state index in [1.807, 2.05) is 0 Å². The van der Waals surface area contributed by atoms with Gasteiger partial charge in [0.25, 0.3) is 5.76 Å². The second-order valence-electron chi connectivity index (χ2n) is 8.84. The molecule has 0 N–H and O–H groups in total. The number of ether oxygens (including phenoxy) is 1. The first kappa shape index (κ1) is 36.4. The molecule has 0 aliphatic rings. The van der Waals surface area contributed by atoms with E-state index in [1.165, 1.54) is 45.4 Å². The standard InChI is InChI=1S/C26H41F3O5PS.Na.H/c1-3-5-6-7-8-9-10-11-12-13-21-36(31,32)22-20-33-24-17-14-23(15-18-24)16-19-25(26(27,28)29)34-35(30)4-2;;/h14-15,17-19H,3-13,16,20-22H2,1-2H3;;/q2*+1;-1. The molecule has 11 heteroatoms. The first-order valence-corrected chi connectivity index (χ1v) is 16.1. The fraction of sp³-hybridized carbons (Fsp3) is 0.692. The van der Waals surface area contributed by atoms with Gasteiger partial charge in [-0.05, 0) is 48.1 Å². The van der Waals surface area contributed by atoms with Gasteiger partial charge < -0.3 is 6.16 Å². The number of halogens is 3. The Kier molecular flexibility index (Phi) is 20.0. The van der Waals surface area contributed by atoms with Gasteiger partial charge in [0.2, 0.25) is 0 Å². The minimum Gasteiger partial charge on any atom is -1.00 e. The quantitative estimate of drug-likeness (QED) is 0.0913. The van der Waals surface area contributed by atoms with Crippen LogP contribution in [0.15, 0.2) is 36.1 Å². The van der Waals surface area contributed by atoms with Crippen LogP contribution >= 0.6 is 8.03 Å². The van der Waals surface area contributed by atoms with E-state index in [0.717, 1.165) is 25.3 Å². The summed E-state index contributed by atoms with van der Waals surface area (Å²) in [4.78, 5) is 0. The van der Waals surface area contributed by atoms with E-state index in [0.29, 0.717) is 17.7 Å². The first-order chi connectivity index (χ1) is 17.1. The van der Waals surface area contributed by atoms with Gasteiger partial charge in [0.1, 0.15) is 12.4 Å². The first-order valence-electron chi connectivity index (χ1n) is 12.9. The number of sulfone groups is 1. The van der Waals surface area contributed by atoms with Crippen LogP contribution in [0.25, 0.3) is 0 Å². The Hall–Kier alpha value is -0.600. The van der Waals surface area contributed by atoms with Crippen molar-refractivity contribution < 1.29 is 66.4 Å². The number of allylic oxidation sites excluding steroid dienone is 2. The van der Waals surface area contributed by atoms with Crippen LogP contribution in [-0.4, -0.2) is 38.9 Å². The molecule has 0 fully saturated rings. The third-order valence-corrected chi connectivity index (χ3v) is 8.27. The fourth-order valence-corrected chi connectivity index (χ4v) is 5.22. The zero-order valence-electron chi connectivity index (χ0n) is 23.5. The van der Waals surface area contributed by atoms with Crippen LogP contribution in [0, 0.1) is 0 Å². The summed E-state index contributed by atoms with van der Waals surface area (Å²) in [5, 5.41) is 0. The molecule has 0 bridgehead atoms. The summed E-state index contributed by atoms with van der Waals surface area (Å²) in [5.41, 5.74) is 0.577. The molecule has 1 unspecified atom stereocenters. The molecule has 5 nitrogen and oxygen atoms in total. The Morgan fingerprint density at radius 3 is 1.97 bits per heavy atom. The monoisotopic (exact) mass is 577 g/mol. The minimum atomic E-state index is -4.72. The molecule has 1 atom stereocenters. The van der Waals surface area contributed by atoms with Gasteiger partial charge in [-0.15, -0.1) is 0 Å². The molecule has 0 spiro atoms. The number of alkyl halides is 3. The average molecular weight is 578 g/mol. The SMILES string of the molecule is CCCCCCCCCCCCS(=O)(=O)CCOc1ccc(CC=C(O[P+](=O)CC)C(F)(F)F)cc1.[H-].[Na+]. The molecule has 0 aliphatic heterocycles. The average Bonchev–Trinajstić information content (AvgIpc) is 2.82. The molecule has 0 amide bonds. The summed E-state index contributed by atoms with van der Waals surface area (Å²) in [6.45, 7) is 3.71. The molecule has 0 saturated heterocycles. The van der Waals surface area contributed by atoms with Crippen molar-refractivity contribution in [1.82, 2.24) is 0 Å². The van der Waals surface area contributed by atoms with Crippen molar-refractivity contribution in [2.24, 2.45) is 0 Å². The number of hydrogen-bond donors (Lipinski definition) is 0. The Balaban J connectivity index is 0. The van der Waals surface area contributed by atoms with E-state index in [2.05, 4.69) is 11.4 Å². The van der Waals surface area contributed by atoms with Crippen molar-refractivity contribution in [3.8, 4) is 5.75 Å².